The van der Waals surface area contributed by atoms with Crippen molar-refractivity contribution in [3.63, 3.8) is 0 Å². The molecule has 2 atom stereocenters. The number of hydrogen-bond donors (Lipinski definition) is 2. The molecule has 0 radical (unpaired) electrons. The van der Waals surface area contributed by atoms with E-state index in [-0.39, 0.29) is 24.5 Å². The number of nitrogens with zero attached hydrogens (tertiary/aromatic N) is 2. The fourth-order valence-electron chi connectivity index (χ4n) is 5.99. The summed E-state index contributed by atoms with van der Waals surface area (Å²) >= 11 is 0. The van der Waals surface area contributed by atoms with E-state index in [4.69, 9.17) is 30.7 Å². The number of ether oxygens (including phenoxy) is 3. The van der Waals surface area contributed by atoms with Crippen LogP contribution in [0.1, 0.15) is 165 Å². The zero-order valence-corrected chi connectivity index (χ0v) is 28.5. The summed E-state index contributed by atoms with van der Waals surface area (Å²) in [5.74, 6) is -0.686. The Morgan fingerprint density at radius 1 is 0.659 bits per heavy atom. The second-order valence-electron chi connectivity index (χ2n) is 13.2. The predicted octanol–water partition coefficient (Wildman–Crippen LogP) is 8.28. The number of nitrogens with two attached hydrogens (primary N) is 2. The lowest BCUT2D eigenvalue weighted by atomic mass is 9.92. The molecule has 0 aromatic carbocycles. The standard InChI is InChI=1S/C34H70N4O3/c1-9-10-11-12-13-14-15-16-17-18-19-20-21-22-23-24-25-33(36,39-28(2)3)34(40-29(4)5,41-30(6)7)32-37-26-27-38(32)31(8)35/h28-31H,9-27,35-36H2,1-8H3. The van der Waals surface area contributed by atoms with Crippen LogP contribution in [-0.2, 0) is 14.2 Å². The van der Waals surface area contributed by atoms with Gasteiger partial charge in [0.2, 0.25) is 0 Å². The number of amidine groups is 1. The van der Waals surface area contributed by atoms with Gasteiger partial charge in [0, 0.05) is 6.54 Å². The van der Waals surface area contributed by atoms with Gasteiger partial charge in [0.1, 0.15) is 0 Å². The van der Waals surface area contributed by atoms with Crippen molar-refractivity contribution < 1.29 is 14.2 Å². The summed E-state index contributed by atoms with van der Waals surface area (Å²) in [6.45, 7) is 17.7. The summed E-state index contributed by atoms with van der Waals surface area (Å²) in [4.78, 5) is 6.93. The molecule has 0 fully saturated rings. The molecule has 41 heavy (non-hydrogen) atoms. The molecule has 2 unspecified atom stereocenters. The molecule has 0 saturated carbocycles. The molecule has 0 spiro atoms. The van der Waals surface area contributed by atoms with Crippen LogP contribution < -0.4 is 11.5 Å². The third-order valence-electron chi connectivity index (χ3n) is 7.87. The van der Waals surface area contributed by atoms with E-state index in [1.165, 1.54) is 89.9 Å². The van der Waals surface area contributed by atoms with Crippen molar-refractivity contribution in [2.75, 3.05) is 13.1 Å². The average molecular weight is 583 g/mol. The van der Waals surface area contributed by atoms with E-state index in [1.54, 1.807) is 0 Å². The lowest BCUT2D eigenvalue weighted by molar-refractivity contribution is -0.325. The molecule has 4 N–H and O–H groups in total. The summed E-state index contributed by atoms with van der Waals surface area (Å²) in [7, 11) is 0. The molecule has 1 heterocycles. The number of rotatable bonds is 26. The van der Waals surface area contributed by atoms with Crippen molar-refractivity contribution in [1.29, 1.82) is 0 Å². The largest absolute Gasteiger partial charge is 0.352 e. The molecule has 1 aliphatic heterocycles. The molecule has 0 aromatic heterocycles. The molecule has 244 valence electrons. The molecule has 0 aromatic rings. The zero-order chi connectivity index (χ0) is 30.7. The normalized spacial score (nSPS) is 16.7. The van der Waals surface area contributed by atoms with Crippen molar-refractivity contribution in [3.05, 3.63) is 0 Å². The van der Waals surface area contributed by atoms with Crippen LogP contribution in [-0.4, -0.2) is 59.8 Å². The van der Waals surface area contributed by atoms with Gasteiger partial charge < -0.3 is 24.8 Å². The van der Waals surface area contributed by atoms with Crippen LogP contribution >= 0.6 is 0 Å². The van der Waals surface area contributed by atoms with Crippen LogP contribution in [0.25, 0.3) is 0 Å². The van der Waals surface area contributed by atoms with Gasteiger partial charge in [-0.2, -0.15) is 0 Å². The smallest absolute Gasteiger partial charge is 0.272 e. The van der Waals surface area contributed by atoms with E-state index in [9.17, 15) is 0 Å². The maximum atomic E-state index is 7.26. The molecule has 7 heteroatoms. The van der Waals surface area contributed by atoms with Crippen LogP contribution in [0.2, 0.25) is 0 Å². The van der Waals surface area contributed by atoms with E-state index in [2.05, 4.69) is 11.8 Å². The first-order chi connectivity index (χ1) is 19.5. The Kier molecular flexibility index (Phi) is 19.7. The Morgan fingerprint density at radius 2 is 1.05 bits per heavy atom. The second kappa shape index (κ2) is 21.1. The molecular formula is C34H70N4O3. The third-order valence-corrected chi connectivity index (χ3v) is 7.87. The van der Waals surface area contributed by atoms with Gasteiger partial charge in [-0.15, -0.1) is 0 Å². The second-order valence-corrected chi connectivity index (χ2v) is 13.2. The summed E-state index contributed by atoms with van der Waals surface area (Å²) in [6.07, 6.45) is 21.3. The van der Waals surface area contributed by atoms with Crippen LogP contribution in [0, 0.1) is 0 Å². The van der Waals surface area contributed by atoms with E-state index in [0.29, 0.717) is 25.3 Å². The number of hydrogen-bond acceptors (Lipinski definition) is 7. The molecule has 0 saturated heterocycles. The van der Waals surface area contributed by atoms with Crippen LogP contribution in [0.15, 0.2) is 4.99 Å². The lowest BCUT2D eigenvalue weighted by Crippen LogP contribution is -2.73. The predicted molar refractivity (Wildman–Crippen MR) is 175 cm³/mol. The lowest BCUT2D eigenvalue weighted by Gasteiger charge is -2.51. The first-order valence-corrected chi connectivity index (χ1v) is 17.4. The molecule has 7 nitrogen and oxygen atoms in total. The first kappa shape index (κ1) is 38.3. The molecule has 1 rings (SSSR count). The Morgan fingerprint density at radius 3 is 1.41 bits per heavy atom. The Bertz CT molecular complexity index is 673. The Labute approximate surface area is 254 Å². The highest BCUT2D eigenvalue weighted by atomic mass is 16.7. The van der Waals surface area contributed by atoms with Gasteiger partial charge in [-0.05, 0) is 61.3 Å². The summed E-state index contributed by atoms with van der Waals surface area (Å²) in [6, 6.07) is 0. The molecule has 0 amide bonds. The quantitative estimate of drug-likeness (QED) is 0.0787. The summed E-state index contributed by atoms with van der Waals surface area (Å²) in [5, 5.41) is 0. The zero-order valence-electron chi connectivity index (χ0n) is 28.5. The van der Waals surface area contributed by atoms with Crippen molar-refractivity contribution >= 4 is 5.84 Å². The van der Waals surface area contributed by atoms with Crippen LogP contribution in [0.4, 0.5) is 0 Å². The molecule has 0 bridgehead atoms. The molecular weight excluding hydrogens is 512 g/mol. The SMILES string of the molecule is CCCCCCCCCCCCCCCCCCC(N)(OC(C)C)C(OC(C)C)(OC(C)C)C1=NCCN1C(C)N. The Balaban J connectivity index is 2.65. The fourth-order valence-corrected chi connectivity index (χ4v) is 5.99. The average Bonchev–Trinajstić information content (AvgIpc) is 3.38. The van der Waals surface area contributed by atoms with Crippen molar-refractivity contribution in [2.24, 2.45) is 16.5 Å². The Hall–Kier alpha value is -0.730. The van der Waals surface area contributed by atoms with Gasteiger partial charge in [0.15, 0.2) is 11.6 Å². The maximum Gasteiger partial charge on any atom is 0.272 e. The van der Waals surface area contributed by atoms with E-state index < -0.39 is 11.5 Å². The molecule has 1 aliphatic rings. The van der Waals surface area contributed by atoms with Crippen molar-refractivity contribution in [2.45, 2.75) is 201 Å². The minimum Gasteiger partial charge on any atom is -0.352 e. The van der Waals surface area contributed by atoms with Gasteiger partial charge in [0.05, 0.1) is 31.0 Å². The van der Waals surface area contributed by atoms with E-state index in [1.807, 2.05) is 48.5 Å². The molecule has 0 aliphatic carbocycles. The highest BCUT2D eigenvalue weighted by Crippen LogP contribution is 2.39. The topological polar surface area (TPSA) is 95.3 Å². The minimum atomic E-state index is -1.35. The fraction of sp³-hybridized carbons (Fsp3) is 0.971. The first-order valence-electron chi connectivity index (χ1n) is 17.4. The van der Waals surface area contributed by atoms with E-state index in [0.717, 1.165) is 12.8 Å². The van der Waals surface area contributed by atoms with Gasteiger partial charge in [0.25, 0.3) is 5.79 Å². The maximum absolute atomic E-state index is 7.26. The van der Waals surface area contributed by atoms with Crippen molar-refractivity contribution in [1.82, 2.24) is 4.90 Å². The van der Waals surface area contributed by atoms with Crippen LogP contribution in [0.3, 0.4) is 0 Å². The highest BCUT2D eigenvalue weighted by molar-refractivity contribution is 5.92. The monoisotopic (exact) mass is 583 g/mol. The number of unbranched alkanes of at least 4 members (excludes halogenated alkanes) is 15. The third kappa shape index (κ3) is 14.1. The van der Waals surface area contributed by atoms with Crippen LogP contribution in [0.5, 0.6) is 0 Å². The van der Waals surface area contributed by atoms with Gasteiger partial charge in [-0.25, -0.2) is 0 Å². The summed E-state index contributed by atoms with van der Waals surface area (Å²) in [5.41, 5.74) is 12.4. The highest BCUT2D eigenvalue weighted by Gasteiger charge is 2.60. The van der Waals surface area contributed by atoms with Gasteiger partial charge in [-0.1, -0.05) is 103 Å². The number of aliphatic imine (C=N–C) groups is 1. The van der Waals surface area contributed by atoms with Crippen molar-refractivity contribution in [3.8, 4) is 0 Å². The van der Waals surface area contributed by atoms with Gasteiger partial charge in [-0.3, -0.25) is 10.7 Å². The van der Waals surface area contributed by atoms with Gasteiger partial charge >= 0.3 is 0 Å². The summed E-state index contributed by atoms with van der Waals surface area (Å²) < 4.78 is 19.9. The minimum absolute atomic E-state index is 0.0993. The van der Waals surface area contributed by atoms with E-state index >= 15 is 0 Å².